The lowest BCUT2D eigenvalue weighted by atomic mass is 9.69. The molecule has 2 aliphatic carbocycles. The van der Waals surface area contributed by atoms with Crippen LogP contribution in [0.25, 0.3) is 0 Å². The molecule has 0 saturated heterocycles. The van der Waals surface area contributed by atoms with E-state index < -0.39 is 0 Å². The third kappa shape index (κ3) is 1.48. The smallest absolute Gasteiger partial charge is 0.167 e. The van der Waals surface area contributed by atoms with Crippen molar-refractivity contribution in [1.82, 2.24) is 0 Å². The van der Waals surface area contributed by atoms with E-state index in [1.54, 1.807) is 7.11 Å². The number of carbonyl (C=O) groups is 1. The van der Waals surface area contributed by atoms with E-state index in [1.807, 2.05) is 18.2 Å². The van der Waals surface area contributed by atoms with Crippen LogP contribution >= 0.6 is 0 Å². The van der Waals surface area contributed by atoms with Gasteiger partial charge in [-0.15, -0.1) is 0 Å². The number of hydrogen-bond acceptors (Lipinski definition) is 2. The van der Waals surface area contributed by atoms with Gasteiger partial charge >= 0.3 is 0 Å². The lowest BCUT2D eigenvalue weighted by Gasteiger charge is -2.33. The highest BCUT2D eigenvalue weighted by molar-refractivity contribution is 6.05. The van der Waals surface area contributed by atoms with Crippen LogP contribution in [0, 0.1) is 5.92 Å². The lowest BCUT2D eigenvalue weighted by Crippen LogP contribution is -2.32. The van der Waals surface area contributed by atoms with Crippen molar-refractivity contribution in [2.45, 2.75) is 31.6 Å². The second-order valence-corrected chi connectivity index (χ2v) is 6.34. The number of rotatable bonds is 2. The van der Waals surface area contributed by atoms with E-state index in [2.05, 4.69) is 31.2 Å². The summed E-state index contributed by atoms with van der Waals surface area (Å²) in [5.41, 5.74) is 4.51. The molecule has 2 aromatic carbocycles. The number of ketones is 1. The van der Waals surface area contributed by atoms with Crippen molar-refractivity contribution >= 4 is 5.78 Å². The summed E-state index contributed by atoms with van der Waals surface area (Å²) in [5, 5.41) is 0. The van der Waals surface area contributed by atoms with Gasteiger partial charge in [0.2, 0.25) is 0 Å². The van der Waals surface area contributed by atoms with E-state index in [9.17, 15) is 4.79 Å². The van der Waals surface area contributed by atoms with Gasteiger partial charge in [0, 0.05) is 22.5 Å². The largest absolute Gasteiger partial charge is 0.496 e. The maximum Gasteiger partial charge on any atom is 0.167 e. The first kappa shape index (κ1) is 13.6. The monoisotopic (exact) mass is 292 g/mol. The van der Waals surface area contributed by atoms with Crippen LogP contribution in [0.3, 0.4) is 0 Å². The molecule has 112 valence electrons. The SMILES string of the molecule is CCC1C(=O)c2ccccc2[C@@]12CCc1cccc(OC)c12. The number of aryl methyl sites for hydroxylation is 1. The third-order valence-corrected chi connectivity index (χ3v) is 5.56. The predicted molar refractivity (Wildman–Crippen MR) is 86.6 cm³/mol. The van der Waals surface area contributed by atoms with Crippen LogP contribution in [0.15, 0.2) is 42.5 Å². The van der Waals surface area contributed by atoms with Gasteiger partial charge in [-0.3, -0.25) is 4.79 Å². The second-order valence-electron chi connectivity index (χ2n) is 6.34. The number of methoxy groups -OCH3 is 1. The molecule has 2 aromatic rings. The summed E-state index contributed by atoms with van der Waals surface area (Å²) in [6.07, 6.45) is 2.89. The van der Waals surface area contributed by atoms with E-state index in [4.69, 9.17) is 4.74 Å². The Bertz CT molecular complexity index is 762. The molecule has 2 atom stereocenters. The number of benzene rings is 2. The summed E-state index contributed by atoms with van der Waals surface area (Å²) < 4.78 is 5.68. The Labute approximate surface area is 131 Å². The quantitative estimate of drug-likeness (QED) is 0.831. The van der Waals surface area contributed by atoms with E-state index >= 15 is 0 Å². The van der Waals surface area contributed by atoms with Crippen LogP contribution in [0.4, 0.5) is 0 Å². The van der Waals surface area contributed by atoms with Crippen LogP contribution < -0.4 is 4.74 Å². The zero-order chi connectivity index (χ0) is 15.3. The fourth-order valence-corrected chi connectivity index (χ4v) is 4.76. The van der Waals surface area contributed by atoms with Crippen molar-refractivity contribution in [2.75, 3.05) is 7.11 Å². The molecule has 0 aliphatic heterocycles. The molecular weight excluding hydrogens is 272 g/mol. The number of fused-ring (bicyclic) bond motifs is 4. The van der Waals surface area contributed by atoms with Crippen molar-refractivity contribution in [3.05, 3.63) is 64.7 Å². The fraction of sp³-hybridized carbons (Fsp3) is 0.350. The van der Waals surface area contributed by atoms with Gasteiger partial charge in [0.25, 0.3) is 0 Å². The van der Waals surface area contributed by atoms with Crippen molar-refractivity contribution in [1.29, 1.82) is 0 Å². The molecule has 2 aliphatic rings. The Morgan fingerprint density at radius 3 is 2.77 bits per heavy atom. The first-order chi connectivity index (χ1) is 10.7. The van der Waals surface area contributed by atoms with Crippen LogP contribution in [0.2, 0.25) is 0 Å². The van der Waals surface area contributed by atoms with Gasteiger partial charge in [-0.05, 0) is 36.5 Å². The Morgan fingerprint density at radius 1 is 1.18 bits per heavy atom. The molecule has 1 spiro atoms. The number of ether oxygens (including phenoxy) is 1. The Balaban J connectivity index is 2.06. The second kappa shape index (κ2) is 4.70. The van der Waals surface area contributed by atoms with Crippen LogP contribution in [-0.4, -0.2) is 12.9 Å². The van der Waals surface area contributed by atoms with Gasteiger partial charge in [0.15, 0.2) is 5.78 Å². The molecule has 0 radical (unpaired) electrons. The van der Waals surface area contributed by atoms with E-state index in [0.29, 0.717) is 5.78 Å². The van der Waals surface area contributed by atoms with Gasteiger partial charge in [-0.2, -0.15) is 0 Å². The van der Waals surface area contributed by atoms with E-state index in [1.165, 1.54) is 16.7 Å². The van der Waals surface area contributed by atoms with Crippen molar-refractivity contribution < 1.29 is 9.53 Å². The topological polar surface area (TPSA) is 26.3 Å². The number of hydrogen-bond donors (Lipinski definition) is 0. The highest BCUT2D eigenvalue weighted by Crippen LogP contribution is 2.58. The molecule has 2 heteroatoms. The highest BCUT2D eigenvalue weighted by Gasteiger charge is 2.55. The normalized spacial score (nSPS) is 25.4. The molecule has 0 aromatic heterocycles. The minimum Gasteiger partial charge on any atom is -0.496 e. The molecule has 22 heavy (non-hydrogen) atoms. The van der Waals surface area contributed by atoms with Crippen LogP contribution in [0.1, 0.15) is 46.8 Å². The average molecular weight is 292 g/mol. The molecule has 0 amide bonds. The minimum absolute atomic E-state index is 0.0300. The molecule has 0 saturated carbocycles. The first-order valence-corrected chi connectivity index (χ1v) is 8.04. The lowest BCUT2D eigenvalue weighted by molar-refractivity contribution is 0.0894. The van der Waals surface area contributed by atoms with E-state index in [0.717, 1.165) is 30.6 Å². The number of Topliss-reactive ketones (excluding diaryl/α,β-unsaturated/α-hetero) is 1. The summed E-state index contributed by atoms with van der Waals surface area (Å²) in [5.74, 6) is 1.26. The van der Waals surface area contributed by atoms with Crippen LogP contribution in [0.5, 0.6) is 5.75 Å². The predicted octanol–water partition coefficient (Wildman–Crippen LogP) is 4.15. The van der Waals surface area contributed by atoms with Gasteiger partial charge in [0.1, 0.15) is 5.75 Å². The molecule has 0 heterocycles. The minimum atomic E-state index is -0.190. The van der Waals surface area contributed by atoms with Gasteiger partial charge in [-0.1, -0.05) is 43.3 Å². The molecule has 2 nitrogen and oxygen atoms in total. The maximum absolute atomic E-state index is 13.0. The zero-order valence-electron chi connectivity index (χ0n) is 13.1. The summed E-state index contributed by atoms with van der Waals surface area (Å²) in [6.45, 7) is 2.13. The fourth-order valence-electron chi connectivity index (χ4n) is 4.76. The zero-order valence-corrected chi connectivity index (χ0v) is 13.1. The van der Waals surface area contributed by atoms with Crippen molar-refractivity contribution in [2.24, 2.45) is 5.92 Å². The first-order valence-electron chi connectivity index (χ1n) is 8.04. The summed E-state index contributed by atoms with van der Waals surface area (Å²) >= 11 is 0. The van der Waals surface area contributed by atoms with E-state index in [-0.39, 0.29) is 11.3 Å². The molecule has 0 bridgehead atoms. The van der Waals surface area contributed by atoms with Gasteiger partial charge in [0.05, 0.1) is 7.11 Å². The van der Waals surface area contributed by atoms with Gasteiger partial charge < -0.3 is 4.74 Å². The highest BCUT2D eigenvalue weighted by atomic mass is 16.5. The summed E-state index contributed by atoms with van der Waals surface area (Å²) in [7, 11) is 1.73. The Morgan fingerprint density at radius 2 is 2.00 bits per heavy atom. The molecule has 0 fully saturated rings. The van der Waals surface area contributed by atoms with Gasteiger partial charge in [-0.25, -0.2) is 0 Å². The van der Waals surface area contributed by atoms with Crippen molar-refractivity contribution in [3.8, 4) is 5.75 Å². The van der Waals surface area contributed by atoms with Crippen LogP contribution in [-0.2, 0) is 11.8 Å². The molecule has 0 N–H and O–H groups in total. The average Bonchev–Trinajstić information content (AvgIpc) is 3.06. The molecule has 1 unspecified atom stereocenters. The van der Waals surface area contributed by atoms with Crippen molar-refractivity contribution in [3.63, 3.8) is 0 Å². The number of carbonyl (C=O) groups excluding carboxylic acids is 1. The Hall–Kier alpha value is -2.09. The maximum atomic E-state index is 13.0. The Kier molecular flexibility index (Phi) is 2.90. The molecule has 4 rings (SSSR count). The summed E-state index contributed by atoms with van der Waals surface area (Å²) in [6, 6.07) is 14.4. The standard InChI is InChI=1S/C20H20O2/c1-3-15-19(21)14-8-4-5-9-16(14)20(15)12-11-13-7-6-10-17(22-2)18(13)20/h4-10,15H,3,11-12H2,1-2H3/t15?,20-/m1/s1. The molecular formula is C20H20O2. The third-order valence-electron chi connectivity index (χ3n) is 5.56. The summed E-state index contributed by atoms with van der Waals surface area (Å²) in [4.78, 5) is 13.0.